The Kier molecular flexibility index (Phi) is 4.79. The maximum Gasteiger partial charge on any atom is 0.0953 e. The van der Waals surface area contributed by atoms with Crippen LogP contribution in [-0.2, 0) is 4.74 Å². The Hall–Kier alpha value is -0.860. The largest absolute Gasteiger partial charge is 0.369 e. The number of aryl methyl sites for hydroxylation is 1. The van der Waals surface area contributed by atoms with Gasteiger partial charge in [-0.05, 0) is 49.7 Å². The Morgan fingerprint density at radius 2 is 1.89 bits per heavy atom. The predicted molar refractivity (Wildman–Crippen MR) is 75.5 cm³/mol. The number of benzene rings is 1. The summed E-state index contributed by atoms with van der Waals surface area (Å²) in [5, 5.41) is 0. The van der Waals surface area contributed by atoms with Crippen molar-refractivity contribution in [3.05, 3.63) is 35.4 Å². The highest BCUT2D eigenvalue weighted by molar-refractivity contribution is 5.28. The van der Waals surface area contributed by atoms with E-state index in [0.29, 0.717) is 12.6 Å². The Morgan fingerprint density at radius 3 is 2.50 bits per heavy atom. The minimum absolute atomic E-state index is 0.0598. The maximum atomic E-state index is 6.23. The van der Waals surface area contributed by atoms with E-state index in [1.54, 1.807) is 0 Å². The molecule has 1 fully saturated rings. The highest BCUT2D eigenvalue weighted by Crippen LogP contribution is 2.30. The van der Waals surface area contributed by atoms with Crippen molar-refractivity contribution < 1.29 is 4.74 Å². The zero-order valence-corrected chi connectivity index (χ0v) is 11.6. The summed E-state index contributed by atoms with van der Waals surface area (Å²) >= 11 is 0. The lowest BCUT2D eigenvalue weighted by Gasteiger charge is -2.30. The van der Waals surface area contributed by atoms with Crippen molar-refractivity contribution in [2.75, 3.05) is 6.54 Å². The van der Waals surface area contributed by atoms with Gasteiger partial charge in [-0.25, -0.2) is 0 Å². The summed E-state index contributed by atoms with van der Waals surface area (Å²) in [6.07, 6.45) is 5.40. The summed E-state index contributed by atoms with van der Waals surface area (Å²) in [6, 6.07) is 8.40. The van der Waals surface area contributed by atoms with E-state index in [-0.39, 0.29) is 6.10 Å². The fourth-order valence-corrected chi connectivity index (χ4v) is 2.80. The zero-order valence-electron chi connectivity index (χ0n) is 11.6. The maximum absolute atomic E-state index is 6.23. The van der Waals surface area contributed by atoms with Gasteiger partial charge in [0, 0.05) is 6.54 Å². The molecule has 1 unspecified atom stereocenters. The van der Waals surface area contributed by atoms with Crippen molar-refractivity contribution in [1.29, 1.82) is 0 Å². The van der Waals surface area contributed by atoms with E-state index in [0.717, 1.165) is 5.92 Å². The Balaban J connectivity index is 1.99. The van der Waals surface area contributed by atoms with Crippen LogP contribution in [0.25, 0.3) is 0 Å². The lowest BCUT2D eigenvalue weighted by Crippen LogP contribution is -2.26. The Labute approximate surface area is 111 Å². The van der Waals surface area contributed by atoms with Crippen molar-refractivity contribution >= 4 is 0 Å². The van der Waals surface area contributed by atoms with Crippen LogP contribution in [0.2, 0.25) is 0 Å². The van der Waals surface area contributed by atoms with Gasteiger partial charge in [0.15, 0.2) is 0 Å². The summed E-state index contributed by atoms with van der Waals surface area (Å²) in [5.41, 5.74) is 8.42. The van der Waals surface area contributed by atoms with Crippen LogP contribution in [-0.4, -0.2) is 12.6 Å². The minimum Gasteiger partial charge on any atom is -0.369 e. The van der Waals surface area contributed by atoms with Gasteiger partial charge in [-0.1, -0.05) is 31.2 Å². The van der Waals surface area contributed by atoms with Crippen molar-refractivity contribution in [3.63, 3.8) is 0 Å². The second-order valence-electron chi connectivity index (χ2n) is 5.60. The van der Waals surface area contributed by atoms with Crippen LogP contribution in [0.1, 0.15) is 49.8 Å². The topological polar surface area (TPSA) is 35.2 Å². The van der Waals surface area contributed by atoms with E-state index < -0.39 is 0 Å². The molecule has 0 aromatic heterocycles. The highest BCUT2D eigenvalue weighted by Gasteiger charge is 2.23. The quantitative estimate of drug-likeness (QED) is 0.882. The summed E-state index contributed by atoms with van der Waals surface area (Å²) in [5.74, 6) is 0.861. The van der Waals surface area contributed by atoms with E-state index in [1.165, 1.54) is 36.8 Å². The molecule has 0 bridgehead atoms. The van der Waals surface area contributed by atoms with Gasteiger partial charge in [0.05, 0.1) is 12.2 Å². The number of rotatable bonds is 4. The van der Waals surface area contributed by atoms with Crippen LogP contribution in [0.15, 0.2) is 24.3 Å². The molecule has 1 aliphatic carbocycles. The van der Waals surface area contributed by atoms with Gasteiger partial charge in [-0.3, -0.25) is 0 Å². The van der Waals surface area contributed by atoms with Gasteiger partial charge in [0.25, 0.3) is 0 Å². The first kappa shape index (κ1) is 13.6. The van der Waals surface area contributed by atoms with Gasteiger partial charge in [-0.15, -0.1) is 0 Å². The molecule has 0 amide bonds. The molecule has 1 aliphatic rings. The van der Waals surface area contributed by atoms with Crippen LogP contribution >= 0.6 is 0 Å². The SMILES string of the molecule is Cc1ccccc1C(CN)OC1CCC(C)CC1. The molecule has 1 atom stereocenters. The molecule has 1 aromatic rings. The van der Waals surface area contributed by atoms with Gasteiger partial charge in [0.2, 0.25) is 0 Å². The lowest BCUT2D eigenvalue weighted by molar-refractivity contribution is -0.0330. The normalized spacial score (nSPS) is 25.9. The van der Waals surface area contributed by atoms with Crippen LogP contribution in [0, 0.1) is 12.8 Å². The van der Waals surface area contributed by atoms with Crippen LogP contribution in [0.4, 0.5) is 0 Å². The van der Waals surface area contributed by atoms with Crippen LogP contribution < -0.4 is 5.73 Å². The molecule has 0 saturated heterocycles. The molecule has 2 heteroatoms. The first-order chi connectivity index (χ1) is 8.70. The molecular formula is C16H25NO. The van der Waals surface area contributed by atoms with Crippen LogP contribution in [0.5, 0.6) is 0 Å². The number of nitrogens with two attached hydrogens (primary N) is 1. The zero-order chi connectivity index (χ0) is 13.0. The monoisotopic (exact) mass is 247 g/mol. The van der Waals surface area contributed by atoms with Crippen molar-refractivity contribution in [2.45, 2.75) is 51.7 Å². The number of hydrogen-bond acceptors (Lipinski definition) is 2. The van der Waals surface area contributed by atoms with Gasteiger partial charge >= 0.3 is 0 Å². The lowest BCUT2D eigenvalue weighted by atomic mass is 9.88. The van der Waals surface area contributed by atoms with Gasteiger partial charge in [0.1, 0.15) is 0 Å². The summed E-state index contributed by atoms with van der Waals surface area (Å²) in [7, 11) is 0. The molecular weight excluding hydrogens is 222 g/mol. The second-order valence-corrected chi connectivity index (χ2v) is 5.60. The van der Waals surface area contributed by atoms with Gasteiger partial charge < -0.3 is 10.5 Å². The summed E-state index contributed by atoms with van der Waals surface area (Å²) < 4.78 is 6.23. The van der Waals surface area contributed by atoms with E-state index >= 15 is 0 Å². The van der Waals surface area contributed by atoms with Crippen molar-refractivity contribution in [3.8, 4) is 0 Å². The fourth-order valence-electron chi connectivity index (χ4n) is 2.80. The third-order valence-corrected chi connectivity index (χ3v) is 4.07. The average molecular weight is 247 g/mol. The van der Waals surface area contributed by atoms with Crippen LogP contribution in [0.3, 0.4) is 0 Å². The molecule has 2 nitrogen and oxygen atoms in total. The first-order valence-electron chi connectivity index (χ1n) is 7.11. The molecule has 2 N–H and O–H groups in total. The van der Waals surface area contributed by atoms with Crippen molar-refractivity contribution in [1.82, 2.24) is 0 Å². The number of ether oxygens (including phenoxy) is 1. The molecule has 2 rings (SSSR count). The predicted octanol–water partition coefficient (Wildman–Crippen LogP) is 3.59. The molecule has 18 heavy (non-hydrogen) atoms. The fraction of sp³-hybridized carbons (Fsp3) is 0.625. The Bertz CT molecular complexity index is 369. The van der Waals surface area contributed by atoms with E-state index in [4.69, 9.17) is 10.5 Å². The molecule has 1 aromatic carbocycles. The highest BCUT2D eigenvalue weighted by atomic mass is 16.5. The number of hydrogen-bond donors (Lipinski definition) is 1. The molecule has 1 saturated carbocycles. The van der Waals surface area contributed by atoms with E-state index in [2.05, 4.69) is 38.1 Å². The van der Waals surface area contributed by atoms with Gasteiger partial charge in [-0.2, -0.15) is 0 Å². The molecule has 0 aliphatic heterocycles. The van der Waals surface area contributed by atoms with E-state index in [9.17, 15) is 0 Å². The summed E-state index contributed by atoms with van der Waals surface area (Å²) in [4.78, 5) is 0. The van der Waals surface area contributed by atoms with Crippen molar-refractivity contribution in [2.24, 2.45) is 11.7 Å². The standard InChI is InChI=1S/C16H25NO/c1-12-7-9-14(10-8-12)18-16(11-17)15-6-4-3-5-13(15)2/h3-6,12,14,16H,7-11,17H2,1-2H3. The Morgan fingerprint density at radius 1 is 1.22 bits per heavy atom. The molecule has 100 valence electrons. The first-order valence-corrected chi connectivity index (χ1v) is 7.11. The molecule has 0 spiro atoms. The average Bonchev–Trinajstić information content (AvgIpc) is 2.39. The minimum atomic E-state index is 0.0598. The smallest absolute Gasteiger partial charge is 0.0953 e. The summed E-state index contributed by atoms with van der Waals surface area (Å²) in [6.45, 7) is 5.03. The molecule has 0 radical (unpaired) electrons. The van der Waals surface area contributed by atoms with E-state index in [1.807, 2.05) is 0 Å². The molecule has 0 heterocycles. The third kappa shape index (κ3) is 3.33. The second kappa shape index (κ2) is 6.35. The third-order valence-electron chi connectivity index (χ3n) is 4.07.